The summed E-state index contributed by atoms with van der Waals surface area (Å²) in [5, 5.41) is 9.60. The second-order valence-corrected chi connectivity index (χ2v) is 5.65. The Bertz CT molecular complexity index is 406. The molecule has 0 spiro atoms. The van der Waals surface area contributed by atoms with E-state index in [1.54, 1.807) is 23.6 Å². The number of aliphatic hydroxyl groups is 1. The first-order valence-corrected chi connectivity index (χ1v) is 7.01. The summed E-state index contributed by atoms with van der Waals surface area (Å²) in [7, 11) is 0. The van der Waals surface area contributed by atoms with Gasteiger partial charge in [0.1, 0.15) is 0 Å². The quantitative estimate of drug-likeness (QED) is 0.890. The zero-order chi connectivity index (χ0) is 12.5. The number of carbonyl (C=O) groups is 1. The maximum absolute atomic E-state index is 12.0. The Labute approximate surface area is 106 Å². The minimum Gasteiger partial charge on any atom is -0.386 e. The molecule has 0 bridgehead atoms. The molecule has 1 aromatic carbocycles. The monoisotopic (exact) mass is 251 g/mol. The number of likely N-dealkylation sites (tertiary alicyclic amines) is 1. The molecule has 4 heteroatoms. The molecular formula is C13H17NO2S. The fraction of sp³-hybridized carbons (Fsp3) is 0.462. The molecule has 1 heterocycles. The van der Waals surface area contributed by atoms with Crippen molar-refractivity contribution in [3.63, 3.8) is 0 Å². The summed E-state index contributed by atoms with van der Waals surface area (Å²) in [6.07, 6.45) is 2.06. The second-order valence-electron chi connectivity index (χ2n) is 4.79. The van der Waals surface area contributed by atoms with Crippen molar-refractivity contribution in [3.05, 3.63) is 35.4 Å². The van der Waals surface area contributed by atoms with E-state index in [-0.39, 0.29) is 5.91 Å². The SMILES string of the molecule is CSCc1ccc(C(=O)N2CC(C)(O)C2)cc1. The van der Waals surface area contributed by atoms with E-state index in [2.05, 4.69) is 6.26 Å². The fourth-order valence-electron chi connectivity index (χ4n) is 2.01. The van der Waals surface area contributed by atoms with Crippen LogP contribution in [-0.4, -0.2) is 40.9 Å². The van der Waals surface area contributed by atoms with Crippen LogP contribution in [0.4, 0.5) is 0 Å². The molecular weight excluding hydrogens is 234 g/mol. The number of hydrogen-bond acceptors (Lipinski definition) is 3. The molecule has 1 N–H and O–H groups in total. The summed E-state index contributed by atoms with van der Waals surface area (Å²) in [5.74, 6) is 0.972. The van der Waals surface area contributed by atoms with Crippen molar-refractivity contribution < 1.29 is 9.90 Å². The standard InChI is InChI=1S/C13H17NO2S/c1-13(16)8-14(9-13)12(15)11-5-3-10(4-6-11)7-17-2/h3-6,16H,7-9H2,1-2H3. The van der Waals surface area contributed by atoms with E-state index in [1.165, 1.54) is 5.56 Å². The van der Waals surface area contributed by atoms with Gasteiger partial charge >= 0.3 is 0 Å². The molecule has 0 unspecified atom stereocenters. The predicted molar refractivity (Wildman–Crippen MR) is 70.2 cm³/mol. The van der Waals surface area contributed by atoms with Crippen molar-refractivity contribution in [2.75, 3.05) is 19.3 Å². The first kappa shape index (κ1) is 12.5. The highest BCUT2D eigenvalue weighted by Crippen LogP contribution is 2.22. The van der Waals surface area contributed by atoms with Gasteiger partial charge in [-0.25, -0.2) is 0 Å². The van der Waals surface area contributed by atoms with Gasteiger partial charge in [0.15, 0.2) is 0 Å². The highest BCUT2D eigenvalue weighted by atomic mass is 32.2. The minimum absolute atomic E-state index is 0.00669. The number of nitrogens with zero attached hydrogens (tertiary/aromatic N) is 1. The lowest BCUT2D eigenvalue weighted by Gasteiger charge is -2.44. The molecule has 3 nitrogen and oxygen atoms in total. The van der Waals surface area contributed by atoms with Gasteiger partial charge in [0.2, 0.25) is 0 Å². The lowest BCUT2D eigenvalue weighted by Crippen LogP contribution is -2.61. The lowest BCUT2D eigenvalue weighted by molar-refractivity contribution is -0.0668. The lowest BCUT2D eigenvalue weighted by atomic mass is 9.96. The third-order valence-corrected chi connectivity index (χ3v) is 3.48. The van der Waals surface area contributed by atoms with Crippen molar-refractivity contribution in [2.24, 2.45) is 0 Å². The van der Waals surface area contributed by atoms with Crippen molar-refractivity contribution in [1.82, 2.24) is 4.90 Å². The molecule has 0 atom stereocenters. The van der Waals surface area contributed by atoms with Gasteiger partial charge in [0.05, 0.1) is 18.7 Å². The fourth-order valence-corrected chi connectivity index (χ4v) is 2.54. The molecule has 0 aliphatic carbocycles. The predicted octanol–water partition coefficient (Wildman–Crippen LogP) is 1.76. The van der Waals surface area contributed by atoms with Gasteiger partial charge in [0.25, 0.3) is 5.91 Å². The number of β-amino-alcohol motifs (C(OH)–C–C–N with tert-alkyl or cyclic N) is 1. The normalized spacial score (nSPS) is 17.7. The highest BCUT2D eigenvalue weighted by Gasteiger charge is 2.39. The number of hydrogen-bond donors (Lipinski definition) is 1. The third-order valence-electron chi connectivity index (χ3n) is 2.86. The van der Waals surface area contributed by atoms with E-state index in [1.807, 2.05) is 24.3 Å². The van der Waals surface area contributed by atoms with Crippen molar-refractivity contribution in [2.45, 2.75) is 18.3 Å². The first-order chi connectivity index (χ1) is 8.02. The summed E-state index contributed by atoms with van der Waals surface area (Å²) in [5.41, 5.74) is 1.23. The van der Waals surface area contributed by atoms with Gasteiger partial charge in [-0.1, -0.05) is 12.1 Å². The van der Waals surface area contributed by atoms with Crippen LogP contribution in [0.25, 0.3) is 0 Å². The number of thioether (sulfide) groups is 1. The van der Waals surface area contributed by atoms with Gasteiger partial charge in [-0.15, -0.1) is 0 Å². The largest absolute Gasteiger partial charge is 0.386 e. The zero-order valence-corrected chi connectivity index (χ0v) is 11.0. The Morgan fingerprint density at radius 1 is 1.41 bits per heavy atom. The maximum Gasteiger partial charge on any atom is 0.254 e. The summed E-state index contributed by atoms with van der Waals surface area (Å²) in [6.45, 7) is 2.61. The Balaban J connectivity index is 2.00. The van der Waals surface area contributed by atoms with Crippen LogP contribution in [0.15, 0.2) is 24.3 Å². The number of rotatable bonds is 3. The molecule has 0 saturated carbocycles. The van der Waals surface area contributed by atoms with E-state index in [9.17, 15) is 9.90 Å². The van der Waals surface area contributed by atoms with E-state index in [0.717, 1.165) is 5.75 Å². The molecule has 1 saturated heterocycles. The Morgan fingerprint density at radius 2 is 2.00 bits per heavy atom. The molecule has 2 rings (SSSR count). The molecule has 1 amide bonds. The van der Waals surface area contributed by atoms with Crippen LogP contribution in [0.5, 0.6) is 0 Å². The molecule has 1 aliphatic heterocycles. The summed E-state index contributed by atoms with van der Waals surface area (Å²) < 4.78 is 0. The zero-order valence-electron chi connectivity index (χ0n) is 10.1. The molecule has 92 valence electrons. The van der Waals surface area contributed by atoms with Gasteiger partial charge in [-0.3, -0.25) is 4.79 Å². The van der Waals surface area contributed by atoms with Gasteiger partial charge in [0, 0.05) is 11.3 Å². The summed E-state index contributed by atoms with van der Waals surface area (Å²) in [4.78, 5) is 13.7. The van der Waals surface area contributed by atoms with Crippen molar-refractivity contribution >= 4 is 17.7 Å². The first-order valence-electron chi connectivity index (χ1n) is 5.61. The third kappa shape index (κ3) is 2.82. The number of carbonyl (C=O) groups excluding carboxylic acids is 1. The van der Waals surface area contributed by atoms with Crippen molar-refractivity contribution in [1.29, 1.82) is 0 Å². The van der Waals surface area contributed by atoms with Crippen LogP contribution in [-0.2, 0) is 5.75 Å². The van der Waals surface area contributed by atoms with Crippen LogP contribution < -0.4 is 0 Å². The maximum atomic E-state index is 12.0. The van der Waals surface area contributed by atoms with E-state index >= 15 is 0 Å². The van der Waals surface area contributed by atoms with Crippen LogP contribution >= 0.6 is 11.8 Å². The molecule has 1 fully saturated rings. The van der Waals surface area contributed by atoms with E-state index in [4.69, 9.17) is 0 Å². The van der Waals surface area contributed by atoms with E-state index < -0.39 is 5.60 Å². The van der Waals surface area contributed by atoms with Gasteiger partial charge in [-0.05, 0) is 30.9 Å². The highest BCUT2D eigenvalue weighted by molar-refractivity contribution is 7.97. The Morgan fingerprint density at radius 3 is 2.47 bits per heavy atom. The van der Waals surface area contributed by atoms with E-state index in [0.29, 0.717) is 18.7 Å². The average molecular weight is 251 g/mol. The number of benzene rings is 1. The van der Waals surface area contributed by atoms with Crippen LogP contribution in [0.3, 0.4) is 0 Å². The second kappa shape index (κ2) is 4.70. The number of amides is 1. The topological polar surface area (TPSA) is 40.5 Å². The molecule has 0 aromatic heterocycles. The molecule has 17 heavy (non-hydrogen) atoms. The average Bonchev–Trinajstić information content (AvgIpc) is 2.26. The van der Waals surface area contributed by atoms with Gasteiger partial charge in [-0.2, -0.15) is 11.8 Å². The van der Waals surface area contributed by atoms with Crippen LogP contribution in [0, 0.1) is 0 Å². The summed E-state index contributed by atoms with van der Waals surface area (Å²) in [6, 6.07) is 7.70. The minimum atomic E-state index is -0.700. The Kier molecular flexibility index (Phi) is 3.45. The summed E-state index contributed by atoms with van der Waals surface area (Å²) >= 11 is 1.76. The smallest absolute Gasteiger partial charge is 0.254 e. The Hall–Kier alpha value is -1.00. The van der Waals surface area contributed by atoms with Crippen LogP contribution in [0.1, 0.15) is 22.8 Å². The van der Waals surface area contributed by atoms with Crippen LogP contribution in [0.2, 0.25) is 0 Å². The van der Waals surface area contributed by atoms with Gasteiger partial charge < -0.3 is 10.0 Å². The molecule has 0 radical (unpaired) electrons. The molecule has 1 aliphatic rings. The van der Waals surface area contributed by atoms with Crippen molar-refractivity contribution in [3.8, 4) is 0 Å². The molecule has 1 aromatic rings.